The molecule has 2 aliphatic rings. The number of cyclic esters (lactones) is 1. The van der Waals surface area contributed by atoms with Crippen LogP contribution in [0.1, 0.15) is 11.1 Å². The van der Waals surface area contributed by atoms with Crippen LogP contribution in [-0.2, 0) is 17.7 Å². The van der Waals surface area contributed by atoms with Crippen LogP contribution in [0.25, 0.3) is 0 Å². The molecule has 0 spiro atoms. The number of hydrogen-bond acceptors (Lipinski definition) is 6. The second kappa shape index (κ2) is 6.40. The summed E-state index contributed by atoms with van der Waals surface area (Å²) in [4.78, 5) is 24.2. The van der Waals surface area contributed by atoms with E-state index < -0.39 is 0 Å². The van der Waals surface area contributed by atoms with Gasteiger partial charge in [-0.05, 0) is 23.6 Å². The molecule has 25 heavy (non-hydrogen) atoms. The molecule has 2 aromatic rings. The first-order chi connectivity index (χ1) is 12.2. The maximum atomic E-state index is 11.9. The van der Waals surface area contributed by atoms with Gasteiger partial charge in [0.1, 0.15) is 18.6 Å². The zero-order valence-corrected chi connectivity index (χ0v) is 14.6. The summed E-state index contributed by atoms with van der Waals surface area (Å²) in [6.07, 6.45) is 2.03. The first-order valence-corrected chi connectivity index (χ1v) is 8.55. The molecular weight excluding hydrogens is 342 g/mol. The van der Waals surface area contributed by atoms with Gasteiger partial charge in [-0.25, -0.2) is 14.8 Å². The summed E-state index contributed by atoms with van der Waals surface area (Å²) in [7, 11) is 1.81. The highest BCUT2D eigenvalue weighted by Gasteiger charge is 2.29. The minimum atomic E-state index is -0.268. The highest BCUT2D eigenvalue weighted by molar-refractivity contribution is 6.32. The van der Waals surface area contributed by atoms with E-state index in [2.05, 4.69) is 26.3 Å². The van der Waals surface area contributed by atoms with Crippen molar-refractivity contribution >= 4 is 34.9 Å². The standard InChI is InChI=1S/C17H18ClN5O2/c1-19-14-15(18)20-10-21-16(14)22-6-5-12-11(9-22)3-2-4-13(12)23-7-8-25-17(23)24/h2-4,10,19H,5-9H2,1H3. The minimum Gasteiger partial charge on any atom is -0.447 e. The quantitative estimate of drug-likeness (QED) is 0.850. The summed E-state index contributed by atoms with van der Waals surface area (Å²) in [5.41, 5.74) is 4.06. The lowest BCUT2D eigenvalue weighted by Crippen LogP contribution is -2.34. The molecule has 0 atom stereocenters. The van der Waals surface area contributed by atoms with Crippen LogP contribution in [0.3, 0.4) is 0 Å². The van der Waals surface area contributed by atoms with Gasteiger partial charge in [-0.1, -0.05) is 23.7 Å². The Kier molecular flexibility index (Phi) is 4.09. The Morgan fingerprint density at radius 2 is 2.16 bits per heavy atom. The molecule has 1 saturated heterocycles. The fourth-order valence-corrected chi connectivity index (χ4v) is 3.67. The molecule has 1 N–H and O–H groups in total. The maximum Gasteiger partial charge on any atom is 0.414 e. The number of rotatable bonds is 3. The third kappa shape index (κ3) is 2.74. The number of aromatic nitrogens is 2. The molecule has 0 bridgehead atoms. The lowest BCUT2D eigenvalue weighted by Gasteiger charge is -2.33. The average molecular weight is 360 g/mol. The number of anilines is 3. The monoisotopic (exact) mass is 359 g/mol. The SMILES string of the molecule is CNc1c(Cl)ncnc1N1CCc2c(cccc2N2CCOC2=O)C1. The molecule has 130 valence electrons. The molecule has 8 heteroatoms. The second-order valence-electron chi connectivity index (χ2n) is 5.97. The summed E-state index contributed by atoms with van der Waals surface area (Å²) in [5.74, 6) is 0.791. The van der Waals surface area contributed by atoms with Crippen molar-refractivity contribution in [1.82, 2.24) is 9.97 Å². The fourth-order valence-electron chi connectivity index (χ4n) is 3.45. The lowest BCUT2D eigenvalue weighted by molar-refractivity contribution is 0.181. The number of benzene rings is 1. The van der Waals surface area contributed by atoms with E-state index in [1.165, 1.54) is 17.5 Å². The van der Waals surface area contributed by atoms with Gasteiger partial charge < -0.3 is 15.0 Å². The van der Waals surface area contributed by atoms with Crippen molar-refractivity contribution in [2.24, 2.45) is 0 Å². The van der Waals surface area contributed by atoms with Gasteiger partial charge in [-0.15, -0.1) is 0 Å². The van der Waals surface area contributed by atoms with Crippen molar-refractivity contribution in [3.63, 3.8) is 0 Å². The van der Waals surface area contributed by atoms with E-state index in [9.17, 15) is 4.79 Å². The van der Waals surface area contributed by atoms with Crippen LogP contribution < -0.4 is 15.1 Å². The molecule has 0 radical (unpaired) electrons. The van der Waals surface area contributed by atoms with Crippen LogP contribution in [0.5, 0.6) is 0 Å². The molecule has 0 aliphatic carbocycles. The number of nitrogens with one attached hydrogen (secondary N) is 1. The molecular formula is C17H18ClN5O2. The number of hydrogen-bond donors (Lipinski definition) is 1. The van der Waals surface area contributed by atoms with Crippen LogP contribution in [0.2, 0.25) is 5.15 Å². The number of ether oxygens (including phenoxy) is 1. The Labute approximate surface area is 150 Å². The van der Waals surface area contributed by atoms with E-state index >= 15 is 0 Å². The zero-order valence-electron chi connectivity index (χ0n) is 13.8. The highest BCUT2D eigenvalue weighted by atomic mass is 35.5. The topological polar surface area (TPSA) is 70.6 Å². The first-order valence-electron chi connectivity index (χ1n) is 8.17. The Balaban J connectivity index is 1.67. The van der Waals surface area contributed by atoms with Crippen molar-refractivity contribution < 1.29 is 9.53 Å². The predicted molar refractivity (Wildman–Crippen MR) is 96.5 cm³/mol. The normalized spacial score (nSPS) is 16.6. The van der Waals surface area contributed by atoms with Crippen molar-refractivity contribution in [2.45, 2.75) is 13.0 Å². The number of carbonyl (C=O) groups excluding carboxylic acids is 1. The van der Waals surface area contributed by atoms with Crippen molar-refractivity contribution in [3.8, 4) is 0 Å². The van der Waals surface area contributed by atoms with Crippen molar-refractivity contribution in [2.75, 3.05) is 41.9 Å². The average Bonchev–Trinajstić information content (AvgIpc) is 3.06. The number of amides is 1. The second-order valence-corrected chi connectivity index (χ2v) is 6.32. The molecule has 7 nitrogen and oxygen atoms in total. The Hall–Kier alpha value is -2.54. The molecule has 0 unspecified atom stereocenters. The van der Waals surface area contributed by atoms with E-state index in [1.54, 1.807) is 4.90 Å². The van der Waals surface area contributed by atoms with E-state index in [1.807, 2.05) is 19.2 Å². The van der Waals surface area contributed by atoms with Crippen LogP contribution in [0.4, 0.5) is 22.0 Å². The molecule has 1 amide bonds. The van der Waals surface area contributed by atoms with Crippen LogP contribution in [0, 0.1) is 0 Å². The van der Waals surface area contributed by atoms with E-state index in [0.717, 1.165) is 30.2 Å². The van der Waals surface area contributed by atoms with E-state index in [0.29, 0.717) is 24.8 Å². The number of halogens is 1. The predicted octanol–water partition coefficient (Wildman–Crippen LogP) is 2.69. The Morgan fingerprint density at radius 1 is 1.28 bits per heavy atom. The van der Waals surface area contributed by atoms with Crippen LogP contribution in [-0.4, -0.2) is 42.8 Å². The van der Waals surface area contributed by atoms with Gasteiger partial charge in [-0.2, -0.15) is 0 Å². The van der Waals surface area contributed by atoms with Gasteiger partial charge in [0.15, 0.2) is 11.0 Å². The number of fused-ring (bicyclic) bond motifs is 1. The first kappa shape index (κ1) is 16.0. The number of carbonyl (C=O) groups is 1. The summed E-state index contributed by atoms with van der Waals surface area (Å²) in [6, 6.07) is 6.06. The lowest BCUT2D eigenvalue weighted by atomic mass is 9.97. The Morgan fingerprint density at radius 3 is 2.92 bits per heavy atom. The van der Waals surface area contributed by atoms with Gasteiger partial charge in [0.2, 0.25) is 0 Å². The molecule has 1 aromatic heterocycles. The molecule has 2 aliphatic heterocycles. The minimum absolute atomic E-state index is 0.268. The van der Waals surface area contributed by atoms with Crippen LogP contribution in [0.15, 0.2) is 24.5 Å². The van der Waals surface area contributed by atoms with E-state index in [4.69, 9.17) is 16.3 Å². The van der Waals surface area contributed by atoms with Crippen LogP contribution >= 0.6 is 11.6 Å². The number of nitrogens with zero attached hydrogens (tertiary/aromatic N) is 4. The summed E-state index contributed by atoms with van der Waals surface area (Å²) >= 11 is 6.18. The third-order valence-corrected chi connectivity index (χ3v) is 4.91. The zero-order chi connectivity index (χ0) is 17.4. The van der Waals surface area contributed by atoms with Gasteiger partial charge in [0, 0.05) is 20.1 Å². The largest absolute Gasteiger partial charge is 0.447 e. The Bertz CT molecular complexity index is 829. The summed E-state index contributed by atoms with van der Waals surface area (Å²) in [6.45, 7) is 2.53. The molecule has 4 rings (SSSR count). The maximum absolute atomic E-state index is 11.9. The van der Waals surface area contributed by atoms with Crippen molar-refractivity contribution in [1.29, 1.82) is 0 Å². The van der Waals surface area contributed by atoms with Gasteiger partial charge in [0.25, 0.3) is 0 Å². The fraction of sp³-hybridized carbons (Fsp3) is 0.353. The van der Waals surface area contributed by atoms with Gasteiger partial charge in [0.05, 0.1) is 12.2 Å². The summed E-state index contributed by atoms with van der Waals surface area (Å²) in [5, 5.41) is 3.49. The summed E-state index contributed by atoms with van der Waals surface area (Å²) < 4.78 is 5.08. The van der Waals surface area contributed by atoms with Gasteiger partial charge in [-0.3, -0.25) is 4.90 Å². The smallest absolute Gasteiger partial charge is 0.414 e. The molecule has 3 heterocycles. The molecule has 1 aromatic carbocycles. The molecule has 0 saturated carbocycles. The van der Waals surface area contributed by atoms with Gasteiger partial charge >= 0.3 is 6.09 Å². The third-order valence-electron chi connectivity index (χ3n) is 4.62. The molecule has 1 fully saturated rings. The van der Waals surface area contributed by atoms with Crippen molar-refractivity contribution in [3.05, 3.63) is 40.8 Å². The highest BCUT2D eigenvalue weighted by Crippen LogP contribution is 2.35. The van der Waals surface area contributed by atoms with E-state index in [-0.39, 0.29) is 6.09 Å².